The molecule has 2 amide bonds. The fourth-order valence-electron chi connectivity index (χ4n) is 3.54. The lowest BCUT2D eigenvalue weighted by molar-refractivity contribution is -0.131. The van der Waals surface area contributed by atoms with Crippen LogP contribution in [0.5, 0.6) is 17.2 Å². The van der Waals surface area contributed by atoms with Crippen LogP contribution in [0, 0.1) is 0 Å². The molecule has 160 valence electrons. The summed E-state index contributed by atoms with van der Waals surface area (Å²) in [6, 6.07) is 12.9. The lowest BCUT2D eigenvalue weighted by Gasteiger charge is -2.35. The average molecular weight is 412 g/mol. The molecule has 0 bridgehead atoms. The fourth-order valence-corrected chi connectivity index (χ4v) is 3.54. The minimum atomic E-state index is -0.150. The van der Waals surface area contributed by atoms with E-state index < -0.39 is 0 Å². The molecule has 0 N–H and O–H groups in total. The van der Waals surface area contributed by atoms with E-state index in [9.17, 15) is 9.59 Å². The summed E-state index contributed by atoms with van der Waals surface area (Å²) in [5.74, 6) is 1.67. The number of hydrogen-bond acceptors (Lipinski definition) is 5. The second-order valence-corrected chi connectivity index (χ2v) is 6.96. The van der Waals surface area contributed by atoms with E-state index in [2.05, 4.69) is 0 Å². The number of piperazine rings is 1. The highest BCUT2D eigenvalue weighted by Gasteiger charge is 2.28. The number of rotatable bonds is 7. The van der Waals surface area contributed by atoms with Gasteiger partial charge in [0.25, 0.3) is 5.91 Å². The molecular formula is C23H28N2O5. The zero-order chi connectivity index (χ0) is 21.5. The first-order chi connectivity index (χ1) is 14.6. The number of carbonyl (C=O) groups excluding carboxylic acids is 2. The Bertz CT molecular complexity index is 851. The van der Waals surface area contributed by atoms with Crippen LogP contribution in [0.25, 0.3) is 0 Å². The first kappa shape index (κ1) is 21.5. The quantitative estimate of drug-likeness (QED) is 0.699. The molecule has 0 saturated carbocycles. The first-order valence-electron chi connectivity index (χ1n) is 10.1. The Kier molecular flexibility index (Phi) is 7.17. The predicted octanol–water partition coefficient (Wildman–Crippen LogP) is 2.63. The lowest BCUT2D eigenvalue weighted by Crippen LogP contribution is -2.51. The standard InChI is InChI=1S/C23H28N2O5/c1-4-30-18-10-8-17(9-11-18)16-21(26)24-12-14-25(15-13-24)23(27)22-19(28-2)6-5-7-20(22)29-3/h5-11H,4,12-16H2,1-3H3. The van der Waals surface area contributed by atoms with Gasteiger partial charge in [-0.1, -0.05) is 18.2 Å². The molecule has 1 aliphatic heterocycles. The molecular weight excluding hydrogens is 384 g/mol. The predicted molar refractivity (Wildman–Crippen MR) is 113 cm³/mol. The van der Waals surface area contributed by atoms with E-state index >= 15 is 0 Å². The number of methoxy groups -OCH3 is 2. The summed E-state index contributed by atoms with van der Waals surface area (Å²) in [6.07, 6.45) is 0.334. The zero-order valence-electron chi connectivity index (χ0n) is 17.7. The van der Waals surface area contributed by atoms with Gasteiger partial charge in [0.1, 0.15) is 22.8 Å². The Morgan fingerprint density at radius 2 is 1.43 bits per heavy atom. The minimum Gasteiger partial charge on any atom is -0.496 e. The van der Waals surface area contributed by atoms with Crippen molar-refractivity contribution in [3.63, 3.8) is 0 Å². The molecule has 7 heteroatoms. The molecule has 0 aliphatic carbocycles. The first-order valence-corrected chi connectivity index (χ1v) is 10.1. The largest absolute Gasteiger partial charge is 0.496 e. The van der Waals surface area contributed by atoms with Gasteiger partial charge in [0.2, 0.25) is 5.91 Å². The van der Waals surface area contributed by atoms with Gasteiger partial charge in [0.15, 0.2) is 0 Å². The molecule has 0 spiro atoms. The Morgan fingerprint density at radius 3 is 1.97 bits per heavy atom. The van der Waals surface area contributed by atoms with Crippen molar-refractivity contribution in [3.05, 3.63) is 53.6 Å². The number of benzene rings is 2. The van der Waals surface area contributed by atoms with Gasteiger partial charge in [0, 0.05) is 26.2 Å². The highest BCUT2D eigenvalue weighted by molar-refractivity contribution is 6.00. The summed E-state index contributed by atoms with van der Waals surface area (Å²) in [4.78, 5) is 29.3. The van der Waals surface area contributed by atoms with Crippen molar-refractivity contribution in [2.24, 2.45) is 0 Å². The van der Waals surface area contributed by atoms with Crippen LogP contribution in [0.1, 0.15) is 22.8 Å². The van der Waals surface area contributed by atoms with Crippen LogP contribution in [-0.4, -0.2) is 68.6 Å². The smallest absolute Gasteiger partial charge is 0.261 e. The van der Waals surface area contributed by atoms with Gasteiger partial charge in [-0.3, -0.25) is 9.59 Å². The molecule has 0 atom stereocenters. The highest BCUT2D eigenvalue weighted by Crippen LogP contribution is 2.30. The van der Waals surface area contributed by atoms with Crippen molar-refractivity contribution in [2.75, 3.05) is 47.0 Å². The van der Waals surface area contributed by atoms with E-state index in [0.717, 1.165) is 11.3 Å². The van der Waals surface area contributed by atoms with Crippen molar-refractivity contribution in [2.45, 2.75) is 13.3 Å². The third kappa shape index (κ3) is 4.84. The lowest BCUT2D eigenvalue weighted by atomic mass is 10.1. The monoisotopic (exact) mass is 412 g/mol. The molecule has 7 nitrogen and oxygen atoms in total. The Labute approximate surface area is 177 Å². The SMILES string of the molecule is CCOc1ccc(CC(=O)N2CCN(C(=O)c3c(OC)cccc3OC)CC2)cc1. The van der Waals surface area contributed by atoms with E-state index in [1.807, 2.05) is 31.2 Å². The zero-order valence-corrected chi connectivity index (χ0v) is 17.7. The van der Waals surface area contributed by atoms with Crippen molar-refractivity contribution in [1.82, 2.24) is 9.80 Å². The summed E-state index contributed by atoms with van der Waals surface area (Å²) in [6.45, 7) is 4.48. The number of hydrogen-bond donors (Lipinski definition) is 0. The van der Waals surface area contributed by atoms with Crippen LogP contribution < -0.4 is 14.2 Å². The van der Waals surface area contributed by atoms with Crippen molar-refractivity contribution < 1.29 is 23.8 Å². The molecule has 1 heterocycles. The van der Waals surface area contributed by atoms with Crippen LogP contribution in [0.15, 0.2) is 42.5 Å². The molecule has 0 unspecified atom stereocenters. The number of nitrogens with zero attached hydrogens (tertiary/aromatic N) is 2. The maximum atomic E-state index is 13.1. The fraction of sp³-hybridized carbons (Fsp3) is 0.391. The van der Waals surface area contributed by atoms with Gasteiger partial charge in [-0.25, -0.2) is 0 Å². The molecule has 0 radical (unpaired) electrons. The average Bonchev–Trinajstić information content (AvgIpc) is 2.79. The summed E-state index contributed by atoms with van der Waals surface area (Å²) < 4.78 is 16.1. The second-order valence-electron chi connectivity index (χ2n) is 6.96. The van der Waals surface area contributed by atoms with E-state index in [-0.39, 0.29) is 11.8 Å². The van der Waals surface area contributed by atoms with E-state index in [1.165, 1.54) is 14.2 Å². The normalized spacial score (nSPS) is 13.7. The maximum absolute atomic E-state index is 13.1. The van der Waals surface area contributed by atoms with E-state index in [4.69, 9.17) is 14.2 Å². The number of amides is 2. The second kappa shape index (κ2) is 10.0. The van der Waals surface area contributed by atoms with Gasteiger partial charge in [0.05, 0.1) is 27.2 Å². The van der Waals surface area contributed by atoms with E-state index in [1.54, 1.807) is 28.0 Å². The van der Waals surface area contributed by atoms with Crippen LogP contribution >= 0.6 is 0 Å². The summed E-state index contributed by atoms with van der Waals surface area (Å²) in [5, 5.41) is 0. The van der Waals surface area contributed by atoms with E-state index in [0.29, 0.717) is 56.3 Å². The van der Waals surface area contributed by atoms with Gasteiger partial charge in [-0.05, 0) is 36.8 Å². The number of ether oxygens (including phenoxy) is 3. The topological polar surface area (TPSA) is 68.3 Å². The molecule has 1 aliphatic rings. The van der Waals surface area contributed by atoms with Crippen LogP contribution in [0.3, 0.4) is 0 Å². The molecule has 30 heavy (non-hydrogen) atoms. The Hall–Kier alpha value is -3.22. The summed E-state index contributed by atoms with van der Waals surface area (Å²) in [5.41, 5.74) is 1.36. The molecule has 1 fully saturated rings. The molecule has 1 saturated heterocycles. The highest BCUT2D eigenvalue weighted by atomic mass is 16.5. The van der Waals surface area contributed by atoms with Gasteiger partial charge < -0.3 is 24.0 Å². The van der Waals surface area contributed by atoms with Crippen LogP contribution in [0.4, 0.5) is 0 Å². The van der Waals surface area contributed by atoms with Crippen LogP contribution in [-0.2, 0) is 11.2 Å². The Balaban J connectivity index is 1.59. The van der Waals surface area contributed by atoms with Gasteiger partial charge >= 0.3 is 0 Å². The third-order valence-electron chi connectivity index (χ3n) is 5.15. The summed E-state index contributed by atoms with van der Waals surface area (Å²) in [7, 11) is 3.06. The summed E-state index contributed by atoms with van der Waals surface area (Å²) >= 11 is 0. The maximum Gasteiger partial charge on any atom is 0.261 e. The Morgan fingerprint density at radius 1 is 0.867 bits per heavy atom. The van der Waals surface area contributed by atoms with Gasteiger partial charge in [-0.2, -0.15) is 0 Å². The van der Waals surface area contributed by atoms with Crippen molar-refractivity contribution in [1.29, 1.82) is 0 Å². The van der Waals surface area contributed by atoms with Crippen molar-refractivity contribution in [3.8, 4) is 17.2 Å². The molecule has 2 aromatic carbocycles. The van der Waals surface area contributed by atoms with Crippen molar-refractivity contribution >= 4 is 11.8 Å². The third-order valence-corrected chi connectivity index (χ3v) is 5.15. The van der Waals surface area contributed by atoms with Crippen LogP contribution in [0.2, 0.25) is 0 Å². The molecule has 2 aromatic rings. The molecule has 3 rings (SSSR count). The minimum absolute atomic E-state index is 0.0566. The number of carbonyl (C=O) groups is 2. The van der Waals surface area contributed by atoms with Gasteiger partial charge in [-0.15, -0.1) is 0 Å². The molecule has 0 aromatic heterocycles.